The molecule has 0 bridgehead atoms. The molecule has 1 heterocycles. The smallest absolute Gasteiger partial charge is 0.266 e. The quantitative estimate of drug-likeness (QED) is 0.596. The molecule has 0 aromatic heterocycles. The van der Waals surface area contributed by atoms with E-state index in [9.17, 15) is 12.8 Å². The van der Waals surface area contributed by atoms with Crippen molar-refractivity contribution < 1.29 is 21.9 Å². The Balaban J connectivity index is 1.78. The largest absolute Gasteiger partial charge is 0.496 e. The van der Waals surface area contributed by atoms with Gasteiger partial charge in [0, 0.05) is 17.0 Å². The van der Waals surface area contributed by atoms with Gasteiger partial charge in [-0.05, 0) is 35.9 Å². The fourth-order valence-corrected chi connectivity index (χ4v) is 4.89. The molecule has 0 saturated carbocycles. The molecular formula is C23H21F2N3O3S. The summed E-state index contributed by atoms with van der Waals surface area (Å²) in [5.41, 5.74) is 1.56. The number of nitrogens with zero attached hydrogens (tertiary/aromatic N) is 1. The zero-order valence-electron chi connectivity index (χ0n) is 17.4. The number of hydrogen-bond acceptors (Lipinski definition) is 4. The number of fused-ring (bicyclic) bond motifs is 1. The van der Waals surface area contributed by atoms with Gasteiger partial charge in [-0.2, -0.15) is 0 Å². The lowest BCUT2D eigenvalue weighted by Gasteiger charge is -2.27. The predicted molar refractivity (Wildman–Crippen MR) is 118 cm³/mol. The minimum atomic E-state index is -3.99. The zero-order valence-corrected chi connectivity index (χ0v) is 18.2. The summed E-state index contributed by atoms with van der Waals surface area (Å²) in [6, 6.07) is 15.3. The van der Waals surface area contributed by atoms with Crippen molar-refractivity contribution >= 4 is 21.7 Å². The lowest BCUT2D eigenvalue weighted by molar-refractivity contribution is 0.408. The lowest BCUT2D eigenvalue weighted by atomic mass is 9.90. The van der Waals surface area contributed by atoms with Gasteiger partial charge >= 0.3 is 0 Å². The van der Waals surface area contributed by atoms with Crippen molar-refractivity contribution in [3.63, 3.8) is 0 Å². The van der Waals surface area contributed by atoms with Gasteiger partial charge in [0.2, 0.25) is 5.96 Å². The molecular weight excluding hydrogens is 436 g/mol. The first-order chi connectivity index (χ1) is 15.3. The van der Waals surface area contributed by atoms with Crippen LogP contribution in [-0.2, 0) is 16.6 Å². The number of methoxy groups -OCH3 is 1. The monoisotopic (exact) mass is 457 g/mol. The number of anilines is 1. The maximum Gasteiger partial charge on any atom is 0.266 e. The van der Waals surface area contributed by atoms with Crippen LogP contribution in [0.4, 0.5) is 14.5 Å². The first-order valence-electron chi connectivity index (χ1n) is 9.84. The van der Waals surface area contributed by atoms with Gasteiger partial charge in [0.25, 0.3) is 10.0 Å². The maximum absolute atomic E-state index is 15.0. The molecule has 0 aliphatic carbocycles. The van der Waals surface area contributed by atoms with Crippen LogP contribution in [0.25, 0.3) is 0 Å². The fraction of sp³-hybridized carbons (Fsp3) is 0.174. The van der Waals surface area contributed by atoms with Gasteiger partial charge in [0.05, 0.1) is 19.3 Å². The normalized spacial score (nSPS) is 16.6. The second kappa shape index (κ2) is 8.58. The van der Waals surface area contributed by atoms with Crippen LogP contribution in [0.5, 0.6) is 5.75 Å². The molecule has 166 valence electrons. The number of para-hydroxylation sites is 1. The average Bonchev–Trinajstić information content (AvgIpc) is 2.76. The SMILES string of the molecule is COc1ccccc1[C@@H](C)c1c(F)ccc2c1NC(=NCc1cccc(F)c1)NS2(=O)=O. The molecule has 0 fully saturated rings. The highest BCUT2D eigenvalue weighted by molar-refractivity contribution is 7.90. The van der Waals surface area contributed by atoms with E-state index in [0.29, 0.717) is 16.9 Å². The maximum atomic E-state index is 15.0. The van der Waals surface area contributed by atoms with Crippen molar-refractivity contribution in [2.75, 3.05) is 12.4 Å². The number of aliphatic imine (C=N–C) groups is 1. The van der Waals surface area contributed by atoms with Crippen LogP contribution in [0.3, 0.4) is 0 Å². The van der Waals surface area contributed by atoms with Crippen LogP contribution in [0, 0.1) is 11.6 Å². The van der Waals surface area contributed by atoms with Gasteiger partial charge in [0.1, 0.15) is 22.3 Å². The van der Waals surface area contributed by atoms with E-state index in [4.69, 9.17) is 4.74 Å². The first kappa shape index (κ1) is 21.8. The molecule has 6 nitrogen and oxygen atoms in total. The Labute approximate surface area is 185 Å². The zero-order chi connectivity index (χ0) is 22.9. The molecule has 0 unspecified atom stereocenters. The number of sulfonamides is 1. The van der Waals surface area contributed by atoms with Gasteiger partial charge in [-0.1, -0.05) is 37.3 Å². The molecule has 1 aliphatic rings. The highest BCUT2D eigenvalue weighted by atomic mass is 32.2. The van der Waals surface area contributed by atoms with Crippen molar-refractivity contribution in [2.45, 2.75) is 24.3 Å². The van der Waals surface area contributed by atoms with Crippen LogP contribution in [0.1, 0.15) is 29.5 Å². The number of nitrogens with one attached hydrogen (secondary N) is 2. The Bertz CT molecular complexity index is 1310. The summed E-state index contributed by atoms with van der Waals surface area (Å²) in [6.45, 7) is 1.81. The average molecular weight is 458 g/mol. The van der Waals surface area contributed by atoms with Crippen LogP contribution in [-0.4, -0.2) is 21.5 Å². The molecule has 0 radical (unpaired) electrons. The second-order valence-electron chi connectivity index (χ2n) is 7.32. The fourth-order valence-electron chi connectivity index (χ4n) is 3.73. The van der Waals surface area contributed by atoms with E-state index in [-0.39, 0.29) is 28.7 Å². The Morgan fingerprint density at radius 3 is 2.59 bits per heavy atom. The van der Waals surface area contributed by atoms with Gasteiger partial charge in [-0.15, -0.1) is 0 Å². The van der Waals surface area contributed by atoms with E-state index in [0.717, 1.165) is 6.07 Å². The topological polar surface area (TPSA) is 79.8 Å². The number of ether oxygens (including phenoxy) is 1. The number of guanidine groups is 1. The van der Waals surface area contributed by atoms with E-state index in [1.165, 1.54) is 25.3 Å². The first-order valence-corrected chi connectivity index (χ1v) is 11.3. The van der Waals surface area contributed by atoms with E-state index >= 15 is 4.39 Å². The summed E-state index contributed by atoms with van der Waals surface area (Å²) in [5, 5.41) is 2.92. The minimum Gasteiger partial charge on any atom is -0.496 e. The molecule has 0 amide bonds. The van der Waals surface area contributed by atoms with Crippen LogP contribution >= 0.6 is 0 Å². The molecule has 9 heteroatoms. The van der Waals surface area contributed by atoms with Crippen molar-refractivity contribution in [1.82, 2.24) is 4.72 Å². The molecule has 1 aliphatic heterocycles. The highest BCUT2D eigenvalue weighted by Crippen LogP contribution is 2.40. The standard InChI is InChI=1S/C23H21F2N3O3S/c1-14(17-8-3-4-9-19(17)31-2)21-18(25)10-11-20-22(21)27-23(28-32(20,29)30)26-13-15-6-5-7-16(24)12-15/h3-12,14H,13H2,1-2H3,(H2,26,27,28)/t14-/m1/s1. The third-order valence-electron chi connectivity index (χ3n) is 5.27. The molecule has 3 aromatic carbocycles. The van der Waals surface area contributed by atoms with Crippen molar-refractivity contribution in [3.8, 4) is 5.75 Å². The van der Waals surface area contributed by atoms with E-state index in [1.807, 2.05) is 0 Å². The molecule has 0 spiro atoms. The van der Waals surface area contributed by atoms with Gasteiger partial charge in [-0.3, -0.25) is 0 Å². The highest BCUT2D eigenvalue weighted by Gasteiger charge is 2.32. The van der Waals surface area contributed by atoms with Crippen molar-refractivity contribution in [2.24, 2.45) is 4.99 Å². The Kier molecular flexibility index (Phi) is 5.84. The summed E-state index contributed by atoms with van der Waals surface area (Å²) in [4.78, 5) is 4.14. The Hall–Kier alpha value is -3.46. The van der Waals surface area contributed by atoms with Gasteiger partial charge < -0.3 is 10.1 Å². The van der Waals surface area contributed by atoms with Gasteiger partial charge in [0.15, 0.2) is 0 Å². The Morgan fingerprint density at radius 2 is 1.84 bits per heavy atom. The number of benzene rings is 3. The summed E-state index contributed by atoms with van der Waals surface area (Å²) < 4.78 is 61.9. The number of hydrogen-bond donors (Lipinski definition) is 2. The lowest BCUT2D eigenvalue weighted by Crippen LogP contribution is -2.41. The molecule has 1 atom stereocenters. The Morgan fingerprint density at radius 1 is 1.06 bits per heavy atom. The minimum absolute atomic E-state index is 0.0324. The van der Waals surface area contributed by atoms with Crippen LogP contribution < -0.4 is 14.8 Å². The number of halogens is 2. The molecule has 2 N–H and O–H groups in total. The summed E-state index contributed by atoms with van der Waals surface area (Å²) in [7, 11) is -2.47. The molecule has 32 heavy (non-hydrogen) atoms. The van der Waals surface area contributed by atoms with Crippen molar-refractivity contribution in [1.29, 1.82) is 0 Å². The van der Waals surface area contributed by atoms with Crippen molar-refractivity contribution in [3.05, 3.63) is 89.0 Å². The van der Waals surface area contributed by atoms with E-state index in [1.54, 1.807) is 43.3 Å². The predicted octanol–water partition coefficient (Wildman–Crippen LogP) is 4.39. The third kappa shape index (κ3) is 4.16. The summed E-state index contributed by atoms with van der Waals surface area (Å²) in [6.07, 6.45) is 0. The van der Waals surface area contributed by atoms with Gasteiger partial charge in [-0.25, -0.2) is 26.9 Å². The van der Waals surface area contributed by atoms with Crippen LogP contribution in [0.2, 0.25) is 0 Å². The third-order valence-corrected chi connectivity index (χ3v) is 6.65. The molecule has 0 saturated heterocycles. The van der Waals surface area contributed by atoms with E-state index < -0.39 is 27.6 Å². The summed E-state index contributed by atoms with van der Waals surface area (Å²) >= 11 is 0. The molecule has 3 aromatic rings. The van der Waals surface area contributed by atoms with E-state index in [2.05, 4.69) is 15.0 Å². The molecule has 4 rings (SSSR count). The summed E-state index contributed by atoms with van der Waals surface area (Å²) in [5.74, 6) is -1.00. The number of rotatable bonds is 5. The second-order valence-corrected chi connectivity index (χ2v) is 8.97. The van der Waals surface area contributed by atoms with Crippen LogP contribution in [0.15, 0.2) is 70.6 Å².